The minimum absolute atomic E-state index is 0.183. The summed E-state index contributed by atoms with van der Waals surface area (Å²) in [6, 6.07) is 13.3. The molecule has 0 aromatic heterocycles. The minimum Gasteiger partial charge on any atom is -0.494 e. The topological polar surface area (TPSA) is 96.0 Å². The van der Waals surface area contributed by atoms with Gasteiger partial charge in [0, 0.05) is 13.1 Å². The molecule has 0 bridgehead atoms. The largest absolute Gasteiger partial charge is 0.494 e. The van der Waals surface area contributed by atoms with Crippen LogP contribution in [0.3, 0.4) is 0 Å². The number of hydrogen-bond acceptors (Lipinski definition) is 5. The lowest BCUT2D eigenvalue weighted by Gasteiger charge is -2.32. The lowest BCUT2D eigenvalue weighted by atomic mass is 10.1. The van der Waals surface area contributed by atoms with E-state index in [1.807, 2.05) is 52.0 Å². The van der Waals surface area contributed by atoms with Crippen LogP contribution in [0.15, 0.2) is 48.5 Å². The summed E-state index contributed by atoms with van der Waals surface area (Å²) in [6.07, 6.45) is 1.06. The summed E-state index contributed by atoms with van der Waals surface area (Å²) in [5.41, 5.74) is 2.21. The second-order valence-corrected chi connectivity index (χ2v) is 10.9. The van der Waals surface area contributed by atoms with E-state index in [1.165, 1.54) is 4.90 Å². The number of carbonyl (C=O) groups excluding carboxylic acids is 2. The van der Waals surface area contributed by atoms with Crippen LogP contribution in [0.1, 0.15) is 38.8 Å². The van der Waals surface area contributed by atoms with Crippen LogP contribution in [0.2, 0.25) is 0 Å². The van der Waals surface area contributed by atoms with Gasteiger partial charge in [-0.3, -0.25) is 13.9 Å². The maximum absolute atomic E-state index is 13.6. The normalized spacial score (nSPS) is 12.2. The van der Waals surface area contributed by atoms with Crippen molar-refractivity contribution < 1.29 is 22.7 Å². The highest BCUT2D eigenvalue weighted by molar-refractivity contribution is 7.92. The molecule has 0 aliphatic heterocycles. The van der Waals surface area contributed by atoms with Gasteiger partial charge in [-0.2, -0.15) is 0 Å². The second-order valence-electron chi connectivity index (χ2n) is 8.96. The molecule has 0 spiro atoms. The van der Waals surface area contributed by atoms with E-state index in [-0.39, 0.29) is 18.4 Å². The molecule has 0 aliphatic carbocycles. The van der Waals surface area contributed by atoms with E-state index in [2.05, 4.69) is 5.32 Å². The summed E-state index contributed by atoms with van der Waals surface area (Å²) >= 11 is 0. The monoisotopic (exact) mass is 503 g/mol. The third-order valence-corrected chi connectivity index (χ3v) is 6.71. The van der Waals surface area contributed by atoms with Gasteiger partial charge in [0.2, 0.25) is 21.8 Å². The SMILES string of the molecule is CCOc1ccc(N(CC(=O)N(Cc2ccccc2C)[C@@H](C)C(=O)NCC(C)C)S(C)(=O)=O)cc1. The molecular weight excluding hydrogens is 466 g/mol. The Morgan fingerprint density at radius 3 is 2.20 bits per heavy atom. The number of nitrogens with one attached hydrogen (secondary N) is 1. The molecule has 2 aromatic rings. The molecule has 0 heterocycles. The Morgan fingerprint density at radius 1 is 1.03 bits per heavy atom. The average molecular weight is 504 g/mol. The molecule has 9 heteroatoms. The van der Waals surface area contributed by atoms with Crippen molar-refractivity contribution in [1.82, 2.24) is 10.2 Å². The third-order valence-electron chi connectivity index (χ3n) is 5.57. The summed E-state index contributed by atoms with van der Waals surface area (Å²) in [5, 5.41) is 2.87. The average Bonchev–Trinajstić information content (AvgIpc) is 2.80. The van der Waals surface area contributed by atoms with E-state index >= 15 is 0 Å². The maximum Gasteiger partial charge on any atom is 0.244 e. The van der Waals surface area contributed by atoms with E-state index in [9.17, 15) is 18.0 Å². The van der Waals surface area contributed by atoms with Gasteiger partial charge in [-0.05, 0) is 62.1 Å². The van der Waals surface area contributed by atoms with Crippen molar-refractivity contribution in [3.63, 3.8) is 0 Å². The van der Waals surface area contributed by atoms with Crippen molar-refractivity contribution in [3.8, 4) is 5.75 Å². The number of benzene rings is 2. The van der Waals surface area contributed by atoms with Crippen LogP contribution in [0.4, 0.5) is 5.69 Å². The summed E-state index contributed by atoms with van der Waals surface area (Å²) in [7, 11) is -3.78. The summed E-state index contributed by atoms with van der Waals surface area (Å²) in [5.74, 6) is 0.104. The number of amides is 2. The lowest BCUT2D eigenvalue weighted by Crippen LogP contribution is -2.51. The fraction of sp³-hybridized carbons (Fsp3) is 0.462. The molecule has 0 saturated heterocycles. The molecule has 0 aliphatic rings. The standard InChI is InChI=1S/C26H37N3O5S/c1-7-34-24-14-12-23(13-15-24)29(35(6,32)33)18-25(30)28(17-22-11-9-8-10-20(22)4)21(5)26(31)27-16-19(2)3/h8-15,19,21H,7,16-18H2,1-6H3,(H,27,31)/t21-/m0/s1. The van der Waals surface area contributed by atoms with Gasteiger partial charge in [-0.1, -0.05) is 38.1 Å². The smallest absolute Gasteiger partial charge is 0.244 e. The van der Waals surface area contributed by atoms with Gasteiger partial charge in [0.05, 0.1) is 18.6 Å². The van der Waals surface area contributed by atoms with E-state index in [4.69, 9.17) is 4.74 Å². The maximum atomic E-state index is 13.6. The van der Waals surface area contributed by atoms with E-state index < -0.39 is 28.5 Å². The van der Waals surface area contributed by atoms with E-state index in [0.717, 1.165) is 21.7 Å². The van der Waals surface area contributed by atoms with Crippen LogP contribution in [-0.4, -0.2) is 57.1 Å². The number of ether oxygens (including phenoxy) is 1. The van der Waals surface area contributed by atoms with E-state index in [1.54, 1.807) is 31.2 Å². The van der Waals surface area contributed by atoms with Crippen molar-refractivity contribution in [2.75, 3.05) is 30.3 Å². The number of hydrogen-bond donors (Lipinski definition) is 1. The fourth-order valence-electron chi connectivity index (χ4n) is 3.50. The molecule has 0 unspecified atom stereocenters. The predicted molar refractivity (Wildman–Crippen MR) is 139 cm³/mol. The molecule has 2 aromatic carbocycles. The van der Waals surface area contributed by atoms with Crippen LogP contribution in [0.5, 0.6) is 5.75 Å². The minimum atomic E-state index is -3.78. The highest BCUT2D eigenvalue weighted by Crippen LogP contribution is 2.23. The number of nitrogens with zero attached hydrogens (tertiary/aromatic N) is 2. The Labute approximate surface area is 209 Å². The van der Waals surface area contributed by atoms with Gasteiger partial charge in [-0.15, -0.1) is 0 Å². The van der Waals surface area contributed by atoms with Gasteiger partial charge in [0.25, 0.3) is 0 Å². The zero-order chi connectivity index (χ0) is 26.2. The third kappa shape index (κ3) is 8.28. The predicted octanol–water partition coefficient (Wildman–Crippen LogP) is 3.35. The summed E-state index contributed by atoms with van der Waals surface area (Å²) < 4.78 is 31.8. The van der Waals surface area contributed by atoms with Crippen LogP contribution in [-0.2, 0) is 26.2 Å². The number of carbonyl (C=O) groups is 2. The lowest BCUT2D eigenvalue weighted by molar-refractivity contribution is -0.139. The van der Waals surface area contributed by atoms with Gasteiger partial charge in [-0.25, -0.2) is 8.42 Å². The van der Waals surface area contributed by atoms with Crippen molar-refractivity contribution in [2.45, 2.75) is 47.2 Å². The Hall–Kier alpha value is -3.07. The first-order chi connectivity index (χ1) is 16.4. The van der Waals surface area contributed by atoms with Crippen molar-refractivity contribution >= 4 is 27.5 Å². The Kier molecular flexibility index (Phi) is 10.1. The second kappa shape index (κ2) is 12.6. The quantitative estimate of drug-likeness (QED) is 0.479. The van der Waals surface area contributed by atoms with Crippen LogP contribution >= 0.6 is 0 Å². The molecule has 0 radical (unpaired) electrons. The van der Waals surface area contributed by atoms with Gasteiger partial charge in [0.1, 0.15) is 18.3 Å². The number of aryl methyl sites for hydroxylation is 1. The molecule has 192 valence electrons. The van der Waals surface area contributed by atoms with Crippen LogP contribution < -0.4 is 14.4 Å². The summed E-state index contributed by atoms with van der Waals surface area (Å²) in [4.78, 5) is 27.9. The first kappa shape index (κ1) is 28.2. The van der Waals surface area contributed by atoms with Crippen molar-refractivity contribution in [2.24, 2.45) is 5.92 Å². The van der Waals surface area contributed by atoms with Crippen molar-refractivity contribution in [3.05, 3.63) is 59.7 Å². The van der Waals surface area contributed by atoms with Gasteiger partial charge in [0.15, 0.2) is 0 Å². The molecule has 1 N–H and O–H groups in total. The molecule has 0 saturated carbocycles. The zero-order valence-electron chi connectivity index (χ0n) is 21.4. The molecular formula is C26H37N3O5S. The molecule has 1 atom stereocenters. The van der Waals surface area contributed by atoms with Crippen molar-refractivity contribution in [1.29, 1.82) is 0 Å². The molecule has 35 heavy (non-hydrogen) atoms. The van der Waals surface area contributed by atoms with Gasteiger partial charge >= 0.3 is 0 Å². The Morgan fingerprint density at radius 2 is 1.66 bits per heavy atom. The highest BCUT2D eigenvalue weighted by atomic mass is 32.2. The number of sulfonamides is 1. The van der Waals surface area contributed by atoms with E-state index in [0.29, 0.717) is 24.6 Å². The van der Waals surface area contributed by atoms with Crippen LogP contribution in [0.25, 0.3) is 0 Å². The zero-order valence-corrected chi connectivity index (χ0v) is 22.3. The molecule has 2 rings (SSSR count). The number of rotatable bonds is 12. The molecule has 0 fully saturated rings. The molecule has 8 nitrogen and oxygen atoms in total. The Balaban J connectivity index is 2.36. The fourth-order valence-corrected chi connectivity index (χ4v) is 4.34. The highest BCUT2D eigenvalue weighted by Gasteiger charge is 2.30. The first-order valence-corrected chi connectivity index (χ1v) is 13.6. The van der Waals surface area contributed by atoms with Crippen LogP contribution in [0, 0.1) is 12.8 Å². The van der Waals surface area contributed by atoms with Gasteiger partial charge < -0.3 is 15.0 Å². The first-order valence-electron chi connectivity index (χ1n) is 11.8. The molecule has 2 amide bonds. The summed E-state index contributed by atoms with van der Waals surface area (Å²) in [6.45, 7) is 10.2. The number of anilines is 1. The Bertz CT molecular complexity index is 1100.